The number of rotatable bonds is 2. The van der Waals surface area contributed by atoms with Gasteiger partial charge in [-0.15, -0.1) is 4.31 Å². The Morgan fingerprint density at radius 2 is 1.73 bits per heavy atom. The van der Waals surface area contributed by atoms with Crippen molar-refractivity contribution in [1.82, 2.24) is 9.21 Å². The van der Waals surface area contributed by atoms with E-state index < -0.39 is 27.9 Å². The van der Waals surface area contributed by atoms with Crippen molar-refractivity contribution in [2.75, 3.05) is 20.1 Å². The Morgan fingerprint density at radius 1 is 1.19 bits per heavy atom. The number of carbonyl (C=O) groups is 1. The smallest absolute Gasteiger partial charge is 0.410 e. The molecule has 1 saturated heterocycles. The number of hydrogen-bond donors (Lipinski definition) is 0. The monoisotopic (exact) mass is 390 g/mol. The van der Waals surface area contributed by atoms with E-state index in [4.69, 9.17) is 4.74 Å². The van der Waals surface area contributed by atoms with Gasteiger partial charge in [-0.3, -0.25) is 0 Å². The molecule has 2 unspecified atom stereocenters. The molecule has 0 bridgehead atoms. The molecule has 1 aliphatic heterocycles. The molecule has 1 amide bonds. The van der Waals surface area contributed by atoms with Crippen LogP contribution >= 0.6 is 0 Å². The van der Waals surface area contributed by atoms with Crippen molar-refractivity contribution in [3.8, 4) is 0 Å². The zero-order chi connectivity index (χ0) is 19.9. The zero-order valence-corrected chi connectivity index (χ0v) is 18.1. The van der Waals surface area contributed by atoms with Crippen LogP contribution in [0.15, 0.2) is 0 Å². The van der Waals surface area contributed by atoms with Crippen molar-refractivity contribution in [2.45, 2.75) is 89.8 Å². The Bertz CT molecular complexity index is 510. The molecule has 152 valence electrons. The average Bonchev–Trinajstić information content (AvgIpc) is 2.80. The van der Waals surface area contributed by atoms with Gasteiger partial charge in [-0.2, -0.15) is 0 Å². The average molecular weight is 391 g/mol. The lowest BCUT2D eigenvalue weighted by atomic mass is 9.74. The van der Waals surface area contributed by atoms with Gasteiger partial charge in [0.2, 0.25) is 0 Å². The Balaban J connectivity index is 2.09. The molecule has 2 rings (SSSR count). The second kappa shape index (κ2) is 7.47. The van der Waals surface area contributed by atoms with Crippen LogP contribution in [0.2, 0.25) is 0 Å². The Labute approximate surface area is 160 Å². The van der Waals surface area contributed by atoms with Crippen LogP contribution in [0.25, 0.3) is 0 Å². The van der Waals surface area contributed by atoms with Crippen LogP contribution in [0.3, 0.4) is 0 Å². The summed E-state index contributed by atoms with van der Waals surface area (Å²) in [5.41, 5.74) is -0.733. The fourth-order valence-electron chi connectivity index (χ4n) is 4.27. The van der Waals surface area contributed by atoms with E-state index in [0.717, 1.165) is 19.3 Å². The van der Waals surface area contributed by atoms with Crippen LogP contribution in [-0.2, 0) is 16.1 Å². The second-order valence-corrected chi connectivity index (χ2v) is 12.0. The number of hydrogen-bond acceptors (Lipinski definition) is 4. The van der Waals surface area contributed by atoms with Crippen LogP contribution in [0, 0.1) is 5.41 Å². The summed E-state index contributed by atoms with van der Waals surface area (Å²) in [5.74, 6) is 0. The van der Waals surface area contributed by atoms with E-state index in [2.05, 4.69) is 0 Å². The number of alkyl halides is 1. The number of halogens is 1. The molecule has 2 aliphatic rings. The zero-order valence-electron chi connectivity index (χ0n) is 17.3. The Morgan fingerprint density at radius 3 is 2.19 bits per heavy atom. The van der Waals surface area contributed by atoms with Crippen molar-refractivity contribution in [1.29, 1.82) is 0 Å². The van der Waals surface area contributed by atoms with Crippen molar-refractivity contribution in [3.05, 3.63) is 0 Å². The summed E-state index contributed by atoms with van der Waals surface area (Å²) in [4.78, 5) is 14.0. The summed E-state index contributed by atoms with van der Waals surface area (Å²) in [5, 5.41) is 0. The fraction of sp³-hybridized carbons (Fsp3) is 0.947. The lowest BCUT2D eigenvalue weighted by Gasteiger charge is -2.46. The molecule has 0 aromatic rings. The molecule has 5 nitrogen and oxygen atoms in total. The first-order valence-electron chi connectivity index (χ1n) is 9.54. The molecular formula is C19H35FN2O3S. The van der Waals surface area contributed by atoms with Crippen molar-refractivity contribution >= 4 is 17.5 Å². The molecule has 3 atom stereocenters. The minimum absolute atomic E-state index is 0.215. The van der Waals surface area contributed by atoms with E-state index in [1.54, 1.807) is 16.3 Å². The van der Waals surface area contributed by atoms with Gasteiger partial charge < -0.3 is 14.2 Å². The first kappa shape index (κ1) is 21.8. The van der Waals surface area contributed by atoms with Gasteiger partial charge in [-0.05, 0) is 72.6 Å². The molecule has 0 radical (unpaired) electrons. The van der Waals surface area contributed by atoms with Crippen molar-refractivity contribution in [2.24, 2.45) is 5.41 Å². The summed E-state index contributed by atoms with van der Waals surface area (Å²) >= 11 is -1.26. The summed E-state index contributed by atoms with van der Waals surface area (Å²) in [6.45, 7) is 12.4. The SMILES string of the molecule is CN(C1C(F)CCC12CCN(C(=O)OC(C)(C)C)CC2)[S@+]([O-])C(C)(C)C. The third-order valence-electron chi connectivity index (χ3n) is 5.48. The summed E-state index contributed by atoms with van der Waals surface area (Å²) in [7, 11) is 1.78. The largest absolute Gasteiger partial charge is 0.597 e. The summed E-state index contributed by atoms with van der Waals surface area (Å²) in [6.07, 6.45) is 1.46. The minimum Gasteiger partial charge on any atom is -0.597 e. The number of piperidine rings is 1. The van der Waals surface area contributed by atoms with E-state index in [-0.39, 0.29) is 17.6 Å². The topological polar surface area (TPSA) is 55.8 Å². The molecule has 26 heavy (non-hydrogen) atoms. The van der Waals surface area contributed by atoms with Gasteiger partial charge in [-0.25, -0.2) is 9.18 Å². The van der Waals surface area contributed by atoms with Gasteiger partial charge in [0.15, 0.2) is 0 Å². The molecule has 0 aromatic carbocycles. The highest BCUT2D eigenvalue weighted by Gasteiger charge is 2.56. The predicted molar refractivity (Wildman–Crippen MR) is 103 cm³/mol. The molecule has 1 heterocycles. The van der Waals surface area contributed by atoms with E-state index >= 15 is 0 Å². The molecular weight excluding hydrogens is 355 g/mol. The number of ether oxygens (including phenoxy) is 1. The van der Waals surface area contributed by atoms with Crippen molar-refractivity contribution in [3.63, 3.8) is 0 Å². The van der Waals surface area contributed by atoms with E-state index in [9.17, 15) is 13.7 Å². The number of amides is 1. The molecule has 1 aliphatic carbocycles. The molecule has 1 spiro atoms. The van der Waals surface area contributed by atoms with Gasteiger partial charge in [0.05, 0.1) is 6.04 Å². The van der Waals surface area contributed by atoms with Gasteiger partial charge in [0.1, 0.15) is 16.5 Å². The third-order valence-corrected chi connectivity index (χ3v) is 7.27. The minimum atomic E-state index is -1.26. The highest BCUT2D eigenvalue weighted by molar-refractivity contribution is 7.90. The van der Waals surface area contributed by atoms with Gasteiger partial charge in [-0.1, -0.05) is 0 Å². The van der Waals surface area contributed by atoms with E-state index in [1.807, 2.05) is 41.5 Å². The molecule has 0 aromatic heterocycles. The first-order chi connectivity index (χ1) is 11.8. The maximum absolute atomic E-state index is 14.8. The Hall–Kier alpha value is -0.530. The third kappa shape index (κ3) is 4.65. The number of carbonyl (C=O) groups excluding carboxylic acids is 1. The quantitative estimate of drug-likeness (QED) is 0.671. The maximum Gasteiger partial charge on any atom is 0.410 e. The normalized spacial score (nSPS) is 27.8. The molecule has 7 heteroatoms. The summed E-state index contributed by atoms with van der Waals surface area (Å²) < 4.78 is 34.4. The highest BCUT2D eigenvalue weighted by Crippen LogP contribution is 2.50. The van der Waals surface area contributed by atoms with Crippen molar-refractivity contribution < 1.29 is 18.5 Å². The number of likely N-dealkylation sites (tertiary alicyclic amines) is 1. The second-order valence-electron chi connectivity index (χ2n) is 9.74. The summed E-state index contributed by atoms with van der Waals surface area (Å²) in [6, 6.07) is -0.358. The lowest BCUT2D eigenvalue weighted by molar-refractivity contribution is 0.000313. The van der Waals surface area contributed by atoms with Crippen LogP contribution < -0.4 is 0 Å². The van der Waals surface area contributed by atoms with Gasteiger partial charge >= 0.3 is 6.09 Å². The standard InChI is InChI=1S/C19H35FN2O3S/c1-17(2,3)25-16(23)22-12-10-19(11-13-22)9-8-14(20)15(19)21(7)26(24)18(4,5)6/h14-15H,8-13H2,1-7H3/t14?,15?,26-/m1/s1. The van der Waals surface area contributed by atoms with Crippen LogP contribution in [0.5, 0.6) is 0 Å². The van der Waals surface area contributed by atoms with Gasteiger partial charge in [0.25, 0.3) is 0 Å². The van der Waals surface area contributed by atoms with Crippen LogP contribution in [-0.4, -0.2) is 62.5 Å². The van der Waals surface area contributed by atoms with Crippen LogP contribution in [0.4, 0.5) is 9.18 Å². The fourth-order valence-corrected chi connectivity index (χ4v) is 5.70. The molecule has 1 saturated carbocycles. The Kier molecular flexibility index (Phi) is 6.26. The lowest BCUT2D eigenvalue weighted by Crippen LogP contribution is -2.56. The first-order valence-corrected chi connectivity index (χ1v) is 10.6. The van der Waals surface area contributed by atoms with E-state index in [1.165, 1.54) is 0 Å². The molecule has 0 N–H and O–H groups in total. The predicted octanol–water partition coefficient (Wildman–Crippen LogP) is 3.90. The van der Waals surface area contributed by atoms with E-state index in [0.29, 0.717) is 19.5 Å². The van der Waals surface area contributed by atoms with Gasteiger partial charge in [0, 0.05) is 31.5 Å². The molecule has 2 fully saturated rings. The highest BCUT2D eigenvalue weighted by atomic mass is 32.2. The van der Waals surface area contributed by atoms with Crippen LogP contribution in [0.1, 0.15) is 67.2 Å². The number of nitrogens with zero attached hydrogens (tertiary/aromatic N) is 2. The maximum atomic E-state index is 14.8.